The van der Waals surface area contributed by atoms with Crippen LogP contribution in [-0.2, 0) is 6.54 Å². The first-order valence-electron chi connectivity index (χ1n) is 6.21. The van der Waals surface area contributed by atoms with E-state index in [0.29, 0.717) is 12.2 Å². The van der Waals surface area contributed by atoms with Crippen LogP contribution in [0.2, 0.25) is 0 Å². The van der Waals surface area contributed by atoms with Gasteiger partial charge in [0.05, 0.1) is 5.69 Å². The minimum atomic E-state index is -0.497. The van der Waals surface area contributed by atoms with Crippen molar-refractivity contribution in [2.75, 3.05) is 10.6 Å². The van der Waals surface area contributed by atoms with Gasteiger partial charge in [-0.05, 0) is 42.3 Å². The quantitative estimate of drug-likeness (QED) is 0.803. The second kappa shape index (κ2) is 6.16. The lowest BCUT2D eigenvalue weighted by atomic mass is 10.2. The van der Waals surface area contributed by atoms with Gasteiger partial charge in [-0.3, -0.25) is 0 Å². The third kappa shape index (κ3) is 3.55. The zero-order valence-corrected chi connectivity index (χ0v) is 11.1. The fourth-order valence-corrected chi connectivity index (χ4v) is 1.80. The van der Waals surface area contributed by atoms with Crippen LogP contribution in [0.3, 0.4) is 0 Å². The summed E-state index contributed by atoms with van der Waals surface area (Å²) in [6.45, 7) is 2.22. The Bertz CT molecular complexity index is 628. The van der Waals surface area contributed by atoms with Gasteiger partial charge in [0.25, 0.3) is 0 Å². The number of rotatable bonds is 3. The molecule has 0 spiro atoms. The minimum absolute atomic E-state index is 0.150. The summed E-state index contributed by atoms with van der Waals surface area (Å²) in [7, 11) is 0. The average molecular weight is 273 g/mol. The molecule has 4 N–H and O–H groups in total. The Labute approximate surface area is 116 Å². The highest BCUT2D eigenvalue weighted by Gasteiger charge is 2.07. The number of carbonyl (C=O) groups excluding carboxylic acids is 1. The van der Waals surface area contributed by atoms with Crippen LogP contribution >= 0.6 is 0 Å². The largest absolute Gasteiger partial charge is 0.326 e. The van der Waals surface area contributed by atoms with E-state index in [1.54, 1.807) is 30.3 Å². The van der Waals surface area contributed by atoms with Crippen molar-refractivity contribution in [1.82, 2.24) is 0 Å². The summed E-state index contributed by atoms with van der Waals surface area (Å²) >= 11 is 0. The summed E-state index contributed by atoms with van der Waals surface area (Å²) < 4.78 is 13.5. The number of benzene rings is 2. The van der Waals surface area contributed by atoms with Crippen LogP contribution < -0.4 is 16.4 Å². The molecular formula is C15H16FN3O. The molecule has 20 heavy (non-hydrogen) atoms. The van der Waals surface area contributed by atoms with E-state index in [4.69, 9.17) is 5.73 Å². The van der Waals surface area contributed by atoms with Crippen molar-refractivity contribution in [2.24, 2.45) is 5.73 Å². The molecule has 0 aliphatic rings. The first-order valence-corrected chi connectivity index (χ1v) is 6.21. The van der Waals surface area contributed by atoms with E-state index < -0.39 is 11.8 Å². The monoisotopic (exact) mass is 273 g/mol. The van der Waals surface area contributed by atoms with E-state index in [1.807, 2.05) is 13.0 Å². The number of hydrogen-bond acceptors (Lipinski definition) is 2. The van der Waals surface area contributed by atoms with Gasteiger partial charge >= 0.3 is 6.03 Å². The first-order chi connectivity index (χ1) is 9.58. The second-order valence-electron chi connectivity index (χ2n) is 4.47. The summed E-state index contributed by atoms with van der Waals surface area (Å²) in [5.41, 5.74) is 8.07. The van der Waals surface area contributed by atoms with Crippen molar-refractivity contribution in [3.8, 4) is 0 Å². The van der Waals surface area contributed by atoms with Gasteiger partial charge in [-0.25, -0.2) is 9.18 Å². The van der Waals surface area contributed by atoms with Crippen LogP contribution in [0.1, 0.15) is 11.1 Å². The van der Waals surface area contributed by atoms with E-state index in [1.165, 1.54) is 6.07 Å². The maximum Gasteiger partial charge on any atom is 0.323 e. The molecular weight excluding hydrogens is 257 g/mol. The van der Waals surface area contributed by atoms with E-state index in [-0.39, 0.29) is 5.69 Å². The standard InChI is InChI=1S/C15H16FN3O/c1-10-5-6-13(16)14(7-10)19-15(20)18-12-4-2-3-11(8-12)9-17/h2-8H,9,17H2,1H3,(H2,18,19,20). The van der Waals surface area contributed by atoms with Crippen molar-refractivity contribution < 1.29 is 9.18 Å². The van der Waals surface area contributed by atoms with Gasteiger partial charge in [0.1, 0.15) is 5.82 Å². The Morgan fingerprint density at radius 2 is 2.00 bits per heavy atom. The maximum atomic E-state index is 13.5. The fraction of sp³-hybridized carbons (Fsp3) is 0.133. The molecule has 0 saturated heterocycles. The molecule has 4 nitrogen and oxygen atoms in total. The number of hydrogen-bond donors (Lipinski definition) is 3. The predicted octanol–water partition coefficient (Wildman–Crippen LogP) is 3.24. The van der Waals surface area contributed by atoms with Crippen LogP contribution in [0.4, 0.5) is 20.6 Å². The van der Waals surface area contributed by atoms with Crippen molar-refractivity contribution in [3.63, 3.8) is 0 Å². The summed E-state index contributed by atoms with van der Waals surface area (Å²) in [5.74, 6) is -0.471. The van der Waals surface area contributed by atoms with Crippen LogP contribution in [-0.4, -0.2) is 6.03 Å². The number of nitrogens with two attached hydrogens (primary N) is 1. The van der Waals surface area contributed by atoms with Crippen molar-refractivity contribution in [2.45, 2.75) is 13.5 Å². The first kappa shape index (κ1) is 14.0. The van der Waals surface area contributed by atoms with Gasteiger partial charge < -0.3 is 16.4 Å². The molecule has 0 bridgehead atoms. The molecule has 5 heteroatoms. The lowest BCUT2D eigenvalue weighted by Gasteiger charge is -2.10. The molecule has 0 unspecified atom stereocenters. The molecule has 0 radical (unpaired) electrons. The molecule has 2 amide bonds. The highest BCUT2D eigenvalue weighted by atomic mass is 19.1. The van der Waals surface area contributed by atoms with Gasteiger partial charge in [0.2, 0.25) is 0 Å². The van der Waals surface area contributed by atoms with Gasteiger partial charge in [-0.1, -0.05) is 18.2 Å². The number of carbonyl (C=O) groups is 1. The molecule has 0 saturated carbocycles. The zero-order valence-electron chi connectivity index (χ0n) is 11.1. The van der Waals surface area contributed by atoms with Crippen LogP contribution in [0, 0.1) is 12.7 Å². The molecule has 104 valence electrons. The molecule has 0 heterocycles. The number of anilines is 2. The molecule has 2 rings (SSSR count). The van der Waals surface area contributed by atoms with Crippen molar-refractivity contribution in [3.05, 3.63) is 59.4 Å². The lowest BCUT2D eigenvalue weighted by molar-refractivity contribution is 0.262. The van der Waals surface area contributed by atoms with Gasteiger partial charge in [0, 0.05) is 12.2 Å². The normalized spacial score (nSPS) is 10.2. The molecule has 0 atom stereocenters. The average Bonchev–Trinajstić information content (AvgIpc) is 2.43. The molecule has 2 aromatic rings. The van der Waals surface area contributed by atoms with Crippen LogP contribution in [0.25, 0.3) is 0 Å². The highest BCUT2D eigenvalue weighted by molar-refractivity contribution is 5.99. The summed E-state index contributed by atoms with van der Waals surface area (Å²) in [4.78, 5) is 11.8. The number of halogens is 1. The Morgan fingerprint density at radius 3 is 2.75 bits per heavy atom. The molecule has 0 aliphatic carbocycles. The smallest absolute Gasteiger partial charge is 0.323 e. The highest BCUT2D eigenvalue weighted by Crippen LogP contribution is 2.16. The van der Waals surface area contributed by atoms with E-state index in [0.717, 1.165) is 11.1 Å². The molecule has 2 aromatic carbocycles. The van der Waals surface area contributed by atoms with E-state index >= 15 is 0 Å². The predicted molar refractivity (Wildman–Crippen MR) is 78.1 cm³/mol. The SMILES string of the molecule is Cc1ccc(F)c(NC(=O)Nc2cccc(CN)c2)c1. The van der Waals surface area contributed by atoms with Gasteiger partial charge in [0.15, 0.2) is 0 Å². The summed E-state index contributed by atoms with van der Waals surface area (Å²) in [6.07, 6.45) is 0. The topological polar surface area (TPSA) is 67.2 Å². The van der Waals surface area contributed by atoms with Crippen molar-refractivity contribution in [1.29, 1.82) is 0 Å². The molecule has 0 fully saturated rings. The maximum absolute atomic E-state index is 13.5. The Kier molecular flexibility index (Phi) is 4.32. The fourth-order valence-electron chi connectivity index (χ4n) is 1.80. The lowest BCUT2D eigenvalue weighted by Crippen LogP contribution is -2.20. The second-order valence-corrected chi connectivity index (χ2v) is 4.47. The Morgan fingerprint density at radius 1 is 1.20 bits per heavy atom. The number of urea groups is 1. The zero-order chi connectivity index (χ0) is 14.5. The number of amides is 2. The van der Waals surface area contributed by atoms with Crippen LogP contribution in [0.5, 0.6) is 0 Å². The Hall–Kier alpha value is -2.40. The third-order valence-electron chi connectivity index (χ3n) is 2.79. The van der Waals surface area contributed by atoms with E-state index in [9.17, 15) is 9.18 Å². The van der Waals surface area contributed by atoms with Gasteiger partial charge in [-0.2, -0.15) is 0 Å². The summed E-state index contributed by atoms with van der Waals surface area (Å²) in [5, 5.41) is 5.12. The van der Waals surface area contributed by atoms with Gasteiger partial charge in [-0.15, -0.1) is 0 Å². The third-order valence-corrected chi connectivity index (χ3v) is 2.79. The van der Waals surface area contributed by atoms with Crippen LogP contribution in [0.15, 0.2) is 42.5 Å². The van der Waals surface area contributed by atoms with E-state index in [2.05, 4.69) is 10.6 Å². The molecule has 0 aromatic heterocycles. The molecule has 0 aliphatic heterocycles. The minimum Gasteiger partial charge on any atom is -0.326 e. The number of nitrogens with one attached hydrogen (secondary N) is 2. The Balaban J connectivity index is 2.07. The summed E-state index contributed by atoms with van der Waals surface area (Å²) in [6, 6.07) is 11.2. The van der Waals surface area contributed by atoms with Crippen molar-refractivity contribution >= 4 is 17.4 Å². The number of aryl methyl sites for hydroxylation is 1.